The summed E-state index contributed by atoms with van der Waals surface area (Å²) in [6.07, 6.45) is 3.23. The number of halogens is 2. The Bertz CT molecular complexity index is 850. The quantitative estimate of drug-likeness (QED) is 0.685. The van der Waals surface area contributed by atoms with Gasteiger partial charge in [-0.25, -0.2) is 13.6 Å². The number of hydrogen-bond donors (Lipinski definition) is 1. The number of benzene rings is 1. The van der Waals surface area contributed by atoms with Crippen molar-refractivity contribution in [3.05, 3.63) is 65.0 Å². The minimum Gasteiger partial charge on any atom is -0.306 e. The van der Waals surface area contributed by atoms with Crippen molar-refractivity contribution in [3.63, 3.8) is 0 Å². The molecule has 0 fully saturated rings. The highest BCUT2D eigenvalue weighted by molar-refractivity contribution is 9.10. The third-order valence-electron chi connectivity index (χ3n) is 3.20. The summed E-state index contributed by atoms with van der Waals surface area (Å²) in [5.41, 5.74) is 2.84. The third-order valence-corrected chi connectivity index (χ3v) is 4.32. The van der Waals surface area contributed by atoms with Crippen molar-refractivity contribution >= 4 is 27.0 Å². The van der Waals surface area contributed by atoms with Crippen LogP contribution in [0.4, 0.5) is 4.39 Å². The first kappa shape index (κ1) is 16.0. The number of nitrogens with zero attached hydrogens (tertiary/aromatic N) is 3. The molecule has 0 radical (unpaired) electrons. The second-order valence-corrected chi connectivity index (χ2v) is 6.42. The summed E-state index contributed by atoms with van der Waals surface area (Å²) in [5.74, 6) is -0.322. The van der Waals surface area contributed by atoms with Crippen molar-refractivity contribution < 1.29 is 13.2 Å². The predicted octanol–water partition coefficient (Wildman–Crippen LogP) is 3.56. The Kier molecular flexibility index (Phi) is 4.65. The van der Waals surface area contributed by atoms with E-state index >= 15 is 0 Å². The van der Waals surface area contributed by atoms with Crippen LogP contribution in [0.2, 0.25) is 0 Å². The molecule has 23 heavy (non-hydrogen) atoms. The maximum atomic E-state index is 13.1. The van der Waals surface area contributed by atoms with E-state index in [4.69, 9.17) is 4.55 Å². The second kappa shape index (κ2) is 6.69. The number of imidazole rings is 1. The molecule has 0 aliphatic rings. The fourth-order valence-electron chi connectivity index (χ4n) is 2.16. The molecule has 1 unspecified atom stereocenters. The first-order valence-electron chi connectivity index (χ1n) is 6.56. The lowest BCUT2D eigenvalue weighted by Gasteiger charge is -2.09. The van der Waals surface area contributed by atoms with Crippen molar-refractivity contribution in [1.29, 1.82) is 0 Å². The van der Waals surface area contributed by atoms with E-state index in [9.17, 15) is 8.60 Å². The molecule has 1 N–H and O–H groups in total. The lowest BCUT2D eigenvalue weighted by molar-refractivity contribution is 0.563. The molecule has 0 spiro atoms. The monoisotopic (exact) mass is 395 g/mol. The third kappa shape index (κ3) is 3.54. The topological polar surface area (TPSA) is 68.0 Å². The van der Waals surface area contributed by atoms with Gasteiger partial charge >= 0.3 is 0 Å². The molecule has 0 saturated carbocycles. The van der Waals surface area contributed by atoms with E-state index in [1.807, 2.05) is 4.57 Å². The molecule has 1 atom stereocenters. The maximum absolute atomic E-state index is 13.1. The highest BCUT2D eigenvalue weighted by Crippen LogP contribution is 2.29. The number of aromatic nitrogens is 3. The van der Waals surface area contributed by atoms with Crippen LogP contribution < -0.4 is 0 Å². The van der Waals surface area contributed by atoms with Crippen LogP contribution in [-0.4, -0.2) is 23.3 Å². The van der Waals surface area contributed by atoms with Crippen molar-refractivity contribution in [1.82, 2.24) is 14.5 Å². The van der Waals surface area contributed by atoms with Gasteiger partial charge in [-0.1, -0.05) is 0 Å². The van der Waals surface area contributed by atoms with Gasteiger partial charge in [0, 0.05) is 5.56 Å². The Balaban J connectivity index is 2.01. The Hall–Kier alpha value is -1.90. The highest BCUT2D eigenvalue weighted by atomic mass is 79.9. The van der Waals surface area contributed by atoms with E-state index < -0.39 is 11.1 Å². The van der Waals surface area contributed by atoms with Gasteiger partial charge in [-0.05, 0) is 52.3 Å². The van der Waals surface area contributed by atoms with Crippen molar-refractivity contribution in [2.45, 2.75) is 5.75 Å². The Morgan fingerprint density at radius 3 is 2.52 bits per heavy atom. The minimum atomic E-state index is -1.92. The summed E-state index contributed by atoms with van der Waals surface area (Å²) >= 11 is 1.47. The van der Waals surface area contributed by atoms with Crippen LogP contribution in [0, 0.1) is 5.82 Å². The standard InChI is InChI=1S/C15H11BrFN3O2S/c16-15-14(10-1-3-11(17)4-2-10)20(9-19-15)13-6-5-12(18-7-13)8-23(21)22/h1-7,9H,8H2,(H,21,22). The molecule has 5 nitrogen and oxygen atoms in total. The summed E-state index contributed by atoms with van der Waals surface area (Å²) in [6.45, 7) is 0. The lowest BCUT2D eigenvalue weighted by Crippen LogP contribution is -2.00. The molecule has 0 saturated heterocycles. The van der Waals surface area contributed by atoms with Crippen LogP contribution in [0.1, 0.15) is 5.69 Å². The molecule has 3 rings (SSSR count). The molecule has 8 heteroatoms. The Morgan fingerprint density at radius 1 is 1.17 bits per heavy atom. The summed E-state index contributed by atoms with van der Waals surface area (Å²) in [5, 5.41) is 0. The van der Waals surface area contributed by atoms with Crippen molar-refractivity contribution in [2.24, 2.45) is 0 Å². The first-order chi connectivity index (χ1) is 11.0. The second-order valence-electron chi connectivity index (χ2n) is 4.73. The van der Waals surface area contributed by atoms with Crippen LogP contribution >= 0.6 is 15.9 Å². The fraction of sp³-hybridized carbons (Fsp3) is 0.0667. The molecule has 2 heterocycles. The van der Waals surface area contributed by atoms with Crippen molar-refractivity contribution in [2.75, 3.05) is 0 Å². The highest BCUT2D eigenvalue weighted by Gasteiger charge is 2.13. The molecular weight excluding hydrogens is 385 g/mol. The van der Waals surface area contributed by atoms with E-state index in [0.717, 1.165) is 16.9 Å². The SMILES string of the molecule is O=S(O)Cc1ccc(-n2cnc(Br)c2-c2ccc(F)cc2)cn1. The summed E-state index contributed by atoms with van der Waals surface area (Å²) in [4.78, 5) is 8.41. The van der Waals surface area contributed by atoms with Gasteiger partial charge in [-0.3, -0.25) is 9.55 Å². The van der Waals surface area contributed by atoms with Crippen LogP contribution in [0.3, 0.4) is 0 Å². The fourth-order valence-corrected chi connectivity index (χ4v) is 3.09. The van der Waals surface area contributed by atoms with Gasteiger partial charge in [0.25, 0.3) is 0 Å². The van der Waals surface area contributed by atoms with E-state index in [0.29, 0.717) is 10.3 Å². The number of hydrogen-bond acceptors (Lipinski definition) is 3. The van der Waals surface area contributed by atoms with E-state index in [-0.39, 0.29) is 11.6 Å². The maximum Gasteiger partial charge on any atom is 0.158 e. The zero-order valence-electron chi connectivity index (χ0n) is 11.7. The van der Waals surface area contributed by atoms with E-state index in [1.165, 1.54) is 12.1 Å². The van der Waals surface area contributed by atoms with Crippen LogP contribution in [0.15, 0.2) is 53.5 Å². The average Bonchev–Trinajstić information content (AvgIpc) is 2.90. The van der Waals surface area contributed by atoms with Gasteiger partial charge in [0.2, 0.25) is 0 Å². The first-order valence-corrected chi connectivity index (χ1v) is 8.63. The zero-order valence-corrected chi connectivity index (χ0v) is 14.1. The lowest BCUT2D eigenvalue weighted by atomic mass is 10.1. The number of rotatable bonds is 4. The van der Waals surface area contributed by atoms with Gasteiger partial charge in [0.05, 0.1) is 29.0 Å². The molecule has 1 aromatic carbocycles. The summed E-state index contributed by atoms with van der Waals surface area (Å²) in [6, 6.07) is 9.59. The molecule has 0 aliphatic carbocycles. The van der Waals surface area contributed by atoms with Crippen LogP contribution in [-0.2, 0) is 16.8 Å². The molecular formula is C15H11BrFN3O2S. The van der Waals surface area contributed by atoms with Gasteiger partial charge in [0.15, 0.2) is 11.1 Å². The van der Waals surface area contributed by atoms with Gasteiger partial charge in [0.1, 0.15) is 16.7 Å². The normalized spacial score (nSPS) is 12.3. The largest absolute Gasteiger partial charge is 0.306 e. The molecule has 0 amide bonds. The van der Waals surface area contributed by atoms with Crippen LogP contribution in [0.25, 0.3) is 16.9 Å². The van der Waals surface area contributed by atoms with Gasteiger partial charge < -0.3 is 4.55 Å². The van der Waals surface area contributed by atoms with Crippen LogP contribution in [0.5, 0.6) is 0 Å². The van der Waals surface area contributed by atoms with E-state index in [2.05, 4.69) is 25.9 Å². The zero-order chi connectivity index (χ0) is 16.4. The van der Waals surface area contributed by atoms with Gasteiger partial charge in [-0.15, -0.1) is 0 Å². The molecule has 3 aromatic rings. The Labute approximate surface area is 142 Å². The Morgan fingerprint density at radius 2 is 1.91 bits per heavy atom. The summed E-state index contributed by atoms with van der Waals surface area (Å²) < 4.78 is 35.3. The molecule has 0 aliphatic heterocycles. The van der Waals surface area contributed by atoms with Gasteiger partial charge in [-0.2, -0.15) is 0 Å². The molecule has 2 aromatic heterocycles. The average molecular weight is 396 g/mol. The number of pyridine rings is 1. The van der Waals surface area contributed by atoms with E-state index in [1.54, 1.807) is 36.8 Å². The minimum absolute atomic E-state index is 0.0152. The molecule has 118 valence electrons. The smallest absolute Gasteiger partial charge is 0.158 e. The van der Waals surface area contributed by atoms with Crippen molar-refractivity contribution in [3.8, 4) is 16.9 Å². The predicted molar refractivity (Wildman–Crippen MR) is 88.9 cm³/mol. The molecule has 0 bridgehead atoms. The summed E-state index contributed by atoms with van der Waals surface area (Å²) in [7, 11) is 0.